The van der Waals surface area contributed by atoms with Crippen molar-refractivity contribution >= 4 is 54.4 Å². The summed E-state index contributed by atoms with van der Waals surface area (Å²) in [5.74, 6) is -1.01. The first kappa shape index (κ1) is 38.6. The molecule has 10 nitrogen and oxygen atoms in total. The molecule has 1 aliphatic carbocycles. The van der Waals surface area contributed by atoms with Crippen LogP contribution in [0.25, 0.3) is 21.3 Å². The average molecular weight is 742 g/mol. The summed E-state index contributed by atoms with van der Waals surface area (Å²) in [5.41, 5.74) is 4.40. The van der Waals surface area contributed by atoms with E-state index in [1.54, 1.807) is 43.3 Å². The molecule has 7 rings (SSSR count). The molecule has 1 saturated carbocycles. The Labute approximate surface area is 310 Å². The van der Waals surface area contributed by atoms with Gasteiger partial charge >= 0.3 is 5.97 Å². The number of carbonyl (C=O) groups excluding carboxylic acids is 1. The van der Waals surface area contributed by atoms with Crippen LogP contribution < -0.4 is 14.9 Å². The third kappa shape index (κ3) is 8.04. The number of nitrogens with one attached hydrogen (secondary N) is 2. The van der Waals surface area contributed by atoms with Crippen LogP contribution in [0, 0.1) is 6.92 Å². The molecule has 0 atom stereocenters. The van der Waals surface area contributed by atoms with Crippen LogP contribution in [-0.2, 0) is 23.0 Å². The maximum Gasteiger partial charge on any atom is 0.355 e. The number of anilines is 2. The largest absolute Gasteiger partial charge is 0.476 e. The Kier molecular flexibility index (Phi) is 12.1. The fourth-order valence-corrected chi connectivity index (χ4v) is 9.57. The van der Waals surface area contributed by atoms with Crippen molar-refractivity contribution in [2.45, 2.75) is 90.6 Å². The number of hydrogen-bond acceptors (Lipinski definition) is 8. The molecule has 0 unspecified atom stereocenters. The minimum Gasteiger partial charge on any atom is -0.476 e. The highest BCUT2D eigenvalue weighted by molar-refractivity contribution is 7.89. The number of carboxylic acid groups (broad SMARTS) is 1. The molecular formula is C40H47N5O5S2. The van der Waals surface area contributed by atoms with Crippen LogP contribution in [0.5, 0.6) is 0 Å². The monoisotopic (exact) mass is 741 g/mol. The van der Waals surface area contributed by atoms with Crippen LogP contribution in [0.4, 0.5) is 10.9 Å². The van der Waals surface area contributed by atoms with Gasteiger partial charge in [-0.1, -0.05) is 94.7 Å². The number of hydrogen-bond donors (Lipinski definition) is 3. The fraction of sp³-hybridized carbons (Fsp3) is 0.350. The first-order valence-corrected chi connectivity index (χ1v) is 19.4. The van der Waals surface area contributed by atoms with Gasteiger partial charge in [0.2, 0.25) is 10.0 Å². The lowest BCUT2D eigenvalue weighted by atomic mass is 9.94. The molecule has 3 aromatic carbocycles. The van der Waals surface area contributed by atoms with Gasteiger partial charge in [0.05, 0.1) is 15.1 Å². The third-order valence-corrected chi connectivity index (χ3v) is 12.3. The van der Waals surface area contributed by atoms with E-state index >= 15 is 0 Å². The lowest BCUT2D eigenvalue weighted by Crippen LogP contribution is -2.35. The average Bonchev–Trinajstić information content (AvgIpc) is 3.51. The maximum atomic E-state index is 13.6. The molecule has 5 aromatic rings. The Bertz CT molecular complexity index is 2160. The molecule has 12 heteroatoms. The van der Waals surface area contributed by atoms with Crippen LogP contribution in [-0.4, -0.2) is 48.0 Å². The van der Waals surface area contributed by atoms with Crippen molar-refractivity contribution < 1.29 is 23.1 Å². The Morgan fingerprint density at radius 1 is 0.865 bits per heavy atom. The molecule has 3 N–H and O–H groups in total. The molecule has 1 amide bonds. The summed E-state index contributed by atoms with van der Waals surface area (Å²) in [7, 11) is -3.84. The number of nitrogens with zero attached hydrogens (tertiary/aromatic N) is 3. The smallest absolute Gasteiger partial charge is 0.355 e. The number of aromatic carboxylic acids is 1. The van der Waals surface area contributed by atoms with Gasteiger partial charge < -0.3 is 10.0 Å². The zero-order valence-electron chi connectivity index (χ0n) is 27.8. The van der Waals surface area contributed by atoms with Gasteiger partial charge in [-0.3, -0.25) is 10.1 Å². The van der Waals surface area contributed by atoms with E-state index in [0.29, 0.717) is 52.7 Å². The highest BCUT2D eigenvalue weighted by atomic mass is 32.2. The molecule has 0 bridgehead atoms. The van der Waals surface area contributed by atoms with E-state index in [9.17, 15) is 23.1 Å². The van der Waals surface area contributed by atoms with Crippen molar-refractivity contribution in [1.82, 2.24) is 14.7 Å². The second-order valence-electron chi connectivity index (χ2n) is 13.0. The highest BCUT2D eigenvalue weighted by Crippen LogP contribution is 2.34. The van der Waals surface area contributed by atoms with E-state index in [-0.39, 0.29) is 37.4 Å². The molecule has 0 radical (unpaired) electrons. The number of thiazole rings is 1. The van der Waals surface area contributed by atoms with Gasteiger partial charge in [-0.15, -0.1) is 0 Å². The number of pyridine rings is 1. The molecule has 1 aliphatic heterocycles. The number of aromatic nitrogens is 2. The van der Waals surface area contributed by atoms with Crippen LogP contribution in [0.3, 0.4) is 0 Å². The van der Waals surface area contributed by atoms with Crippen LogP contribution in [0.2, 0.25) is 0 Å². The van der Waals surface area contributed by atoms with Crippen molar-refractivity contribution in [2.24, 2.45) is 0 Å². The summed E-state index contributed by atoms with van der Waals surface area (Å²) in [6, 6.07) is 21.7. The van der Waals surface area contributed by atoms with Crippen LogP contribution >= 0.6 is 11.3 Å². The molecule has 274 valence electrons. The van der Waals surface area contributed by atoms with E-state index in [2.05, 4.69) is 20.0 Å². The Morgan fingerprint density at radius 3 is 2.35 bits per heavy atom. The van der Waals surface area contributed by atoms with Crippen molar-refractivity contribution in [1.29, 1.82) is 0 Å². The standard InChI is InChI=1S/C38H39N5O5S2.2CH4/c1-24-27(14-10-18-33(24)50(47,48)42-26-12-5-3-2-4-6-13-26)28-19-20-34(40-35(28)37(45)46)43-22-21-25-11-9-15-29(30(25)23-43)36(44)41-38-39-31-16-7-8-17-32(31)49-38;;/h7-11,14-20,26,42H,2-6,12-13,21-23H2,1H3,(H,45,46)(H,39,41,44);2*1H4. The van der Waals surface area contributed by atoms with Crippen molar-refractivity contribution in [3.63, 3.8) is 0 Å². The van der Waals surface area contributed by atoms with Gasteiger partial charge in [0.15, 0.2) is 10.8 Å². The number of fused-ring (bicyclic) bond motifs is 2. The summed E-state index contributed by atoms with van der Waals surface area (Å²) in [4.78, 5) is 37.4. The molecular weight excluding hydrogens is 695 g/mol. The Hall–Kier alpha value is -4.65. The van der Waals surface area contributed by atoms with Gasteiger partial charge in [-0.2, -0.15) is 0 Å². The molecule has 1 fully saturated rings. The molecule has 0 spiro atoms. The summed E-state index contributed by atoms with van der Waals surface area (Å²) in [5, 5.41) is 13.8. The normalized spacial score (nSPS) is 15.1. The summed E-state index contributed by atoms with van der Waals surface area (Å²) in [6.07, 6.45) is 7.66. The number of rotatable bonds is 8. The second-order valence-corrected chi connectivity index (χ2v) is 15.7. The lowest BCUT2D eigenvalue weighted by Gasteiger charge is -2.31. The highest BCUT2D eigenvalue weighted by Gasteiger charge is 2.27. The van der Waals surface area contributed by atoms with E-state index in [4.69, 9.17) is 0 Å². The number of amides is 1. The van der Waals surface area contributed by atoms with E-state index in [1.165, 1.54) is 17.8 Å². The predicted molar refractivity (Wildman–Crippen MR) is 210 cm³/mol. The molecule has 0 saturated heterocycles. The predicted octanol–water partition coefficient (Wildman–Crippen LogP) is 8.84. The minimum atomic E-state index is -3.84. The zero-order chi connectivity index (χ0) is 34.8. The molecule has 3 heterocycles. The SMILES string of the molecule is C.C.Cc1c(-c2ccc(N3CCc4cccc(C(=O)Nc5nc6ccccc6s5)c4C3)nc2C(=O)O)cccc1S(=O)(=O)NC1CCCCCCC1. The van der Waals surface area contributed by atoms with Gasteiger partial charge in [0, 0.05) is 30.3 Å². The molecule has 2 aromatic heterocycles. The lowest BCUT2D eigenvalue weighted by molar-refractivity contribution is 0.0691. The Morgan fingerprint density at radius 2 is 1.60 bits per heavy atom. The van der Waals surface area contributed by atoms with Crippen molar-refractivity contribution in [3.05, 3.63) is 101 Å². The van der Waals surface area contributed by atoms with Gasteiger partial charge in [-0.05, 0) is 84.8 Å². The topological polar surface area (TPSA) is 142 Å². The third-order valence-electron chi connectivity index (χ3n) is 9.73. The number of sulfonamides is 1. The minimum absolute atomic E-state index is 0. The van der Waals surface area contributed by atoms with Crippen LogP contribution in [0.1, 0.15) is 97.3 Å². The van der Waals surface area contributed by atoms with Crippen molar-refractivity contribution in [2.75, 3.05) is 16.8 Å². The molecule has 52 heavy (non-hydrogen) atoms. The van der Waals surface area contributed by atoms with Gasteiger partial charge in [0.1, 0.15) is 5.82 Å². The van der Waals surface area contributed by atoms with Crippen molar-refractivity contribution in [3.8, 4) is 11.1 Å². The zero-order valence-corrected chi connectivity index (χ0v) is 29.4. The second kappa shape index (κ2) is 16.4. The van der Waals surface area contributed by atoms with Gasteiger partial charge in [-0.25, -0.2) is 27.9 Å². The number of carboxylic acids is 1. The van der Waals surface area contributed by atoms with E-state index in [1.807, 2.05) is 41.3 Å². The van der Waals surface area contributed by atoms with E-state index < -0.39 is 16.0 Å². The Balaban J connectivity index is 0.00000261. The van der Waals surface area contributed by atoms with Gasteiger partial charge in [0.25, 0.3) is 5.91 Å². The summed E-state index contributed by atoms with van der Waals surface area (Å²) in [6.45, 7) is 2.66. The molecule has 2 aliphatic rings. The quantitative estimate of drug-likeness (QED) is 0.143. The maximum absolute atomic E-state index is 13.6. The fourth-order valence-electron chi connectivity index (χ4n) is 7.14. The first-order chi connectivity index (χ1) is 24.2. The van der Waals surface area contributed by atoms with E-state index in [0.717, 1.165) is 59.9 Å². The number of para-hydroxylation sites is 1. The van der Waals surface area contributed by atoms with Crippen LogP contribution in [0.15, 0.2) is 77.7 Å². The number of carbonyl (C=O) groups is 2. The first-order valence-electron chi connectivity index (χ1n) is 17.1. The summed E-state index contributed by atoms with van der Waals surface area (Å²) >= 11 is 1.41. The number of benzene rings is 3. The summed E-state index contributed by atoms with van der Waals surface area (Å²) < 4.78 is 31.2.